The molecular formula is C13H11N3O6S. The monoisotopic (exact) mass is 337 g/mol. The van der Waals surface area contributed by atoms with Gasteiger partial charge in [-0.05, 0) is 18.3 Å². The van der Waals surface area contributed by atoms with Crippen LogP contribution in [0.5, 0.6) is 11.5 Å². The number of nitrogens with zero attached hydrogens (tertiary/aromatic N) is 3. The molecule has 1 aliphatic heterocycles. The quantitative estimate of drug-likeness (QED) is 0.266. The average molecular weight is 337 g/mol. The Hall–Kier alpha value is -3.01. The number of nitro groups is 1. The highest BCUT2D eigenvalue weighted by molar-refractivity contribution is 7.80. The van der Waals surface area contributed by atoms with Crippen molar-refractivity contribution in [2.45, 2.75) is 0 Å². The number of benzene rings is 1. The maximum absolute atomic E-state index is 12.2. The predicted octanol–water partition coefficient (Wildman–Crippen LogP) is 0.605. The molecule has 0 aliphatic carbocycles. The number of hydrogen-bond acceptors (Lipinski definition) is 7. The van der Waals surface area contributed by atoms with E-state index in [1.165, 1.54) is 14.1 Å². The lowest BCUT2D eigenvalue weighted by atomic mass is 10.1. The normalized spacial score (nSPS) is 15.2. The van der Waals surface area contributed by atoms with E-state index in [1.807, 2.05) is 0 Å². The molecule has 2 N–H and O–H groups in total. The molecule has 23 heavy (non-hydrogen) atoms. The zero-order valence-corrected chi connectivity index (χ0v) is 12.8. The highest BCUT2D eigenvalue weighted by Gasteiger charge is 2.35. The highest BCUT2D eigenvalue weighted by Crippen LogP contribution is 2.34. The van der Waals surface area contributed by atoms with Crippen LogP contribution in [0.15, 0.2) is 17.7 Å². The van der Waals surface area contributed by atoms with E-state index in [1.54, 1.807) is 0 Å². The van der Waals surface area contributed by atoms with Crippen molar-refractivity contribution in [3.63, 3.8) is 0 Å². The maximum atomic E-state index is 12.2. The van der Waals surface area contributed by atoms with Gasteiger partial charge in [-0.2, -0.15) is 0 Å². The van der Waals surface area contributed by atoms with Gasteiger partial charge >= 0.3 is 5.69 Å². The van der Waals surface area contributed by atoms with Crippen molar-refractivity contribution < 1.29 is 24.7 Å². The molecule has 1 aliphatic rings. The van der Waals surface area contributed by atoms with E-state index < -0.39 is 33.9 Å². The van der Waals surface area contributed by atoms with Crippen LogP contribution in [-0.2, 0) is 9.59 Å². The Bertz CT molecular complexity index is 762. The third-order valence-electron chi connectivity index (χ3n) is 3.26. The number of aromatic hydroxyl groups is 2. The van der Waals surface area contributed by atoms with E-state index in [2.05, 4.69) is 0 Å². The number of thiocarbonyl (C=S) groups is 1. The summed E-state index contributed by atoms with van der Waals surface area (Å²) in [5.74, 6) is -2.65. The number of carbonyl (C=O) groups is 2. The minimum atomic E-state index is -0.853. The standard InChI is InChI=1S/C13H11N3O6S/c1-14-11(19)7(12(20)15(2)13(14)23)3-6-4-8(16(21)22)10(18)5-9(6)17/h3-5,17-18H,1-2H3. The summed E-state index contributed by atoms with van der Waals surface area (Å²) in [7, 11) is 2.75. The third-order valence-corrected chi connectivity index (χ3v) is 3.81. The van der Waals surface area contributed by atoms with Gasteiger partial charge in [0.05, 0.1) is 4.92 Å². The Kier molecular flexibility index (Phi) is 4.02. The van der Waals surface area contributed by atoms with Crippen molar-refractivity contribution in [3.8, 4) is 11.5 Å². The second-order valence-electron chi connectivity index (χ2n) is 4.73. The van der Waals surface area contributed by atoms with Gasteiger partial charge in [0.25, 0.3) is 11.8 Å². The zero-order valence-electron chi connectivity index (χ0n) is 12.0. The first kappa shape index (κ1) is 16.4. The lowest BCUT2D eigenvalue weighted by Gasteiger charge is -2.31. The Labute approximate surface area is 135 Å². The number of nitro benzene ring substituents is 1. The maximum Gasteiger partial charge on any atom is 0.311 e. The summed E-state index contributed by atoms with van der Waals surface area (Å²) in [5, 5.41) is 30.0. The van der Waals surface area contributed by atoms with Gasteiger partial charge in [0.15, 0.2) is 10.9 Å². The minimum Gasteiger partial charge on any atom is -0.507 e. The van der Waals surface area contributed by atoms with E-state index >= 15 is 0 Å². The van der Waals surface area contributed by atoms with Crippen LogP contribution in [0.25, 0.3) is 6.08 Å². The fraction of sp³-hybridized carbons (Fsp3) is 0.154. The topological polar surface area (TPSA) is 124 Å². The second kappa shape index (κ2) is 5.65. The van der Waals surface area contributed by atoms with E-state index in [-0.39, 0.29) is 16.2 Å². The van der Waals surface area contributed by atoms with Gasteiger partial charge in [0, 0.05) is 31.8 Å². The molecule has 1 fully saturated rings. The fourth-order valence-corrected chi connectivity index (χ4v) is 2.14. The molecule has 1 aromatic carbocycles. The van der Waals surface area contributed by atoms with Crippen LogP contribution in [0.2, 0.25) is 0 Å². The molecule has 1 aromatic rings. The molecule has 0 aromatic heterocycles. The summed E-state index contributed by atoms with van der Waals surface area (Å²) >= 11 is 4.93. The lowest BCUT2D eigenvalue weighted by molar-refractivity contribution is -0.385. The number of phenols is 2. The van der Waals surface area contributed by atoms with Crippen LogP contribution >= 0.6 is 12.2 Å². The Balaban J connectivity index is 2.59. The van der Waals surface area contributed by atoms with Crippen LogP contribution in [-0.4, -0.2) is 56.0 Å². The molecule has 120 valence electrons. The Morgan fingerprint density at radius 1 is 1.13 bits per heavy atom. The number of hydrogen-bond donors (Lipinski definition) is 2. The van der Waals surface area contributed by atoms with Crippen molar-refractivity contribution in [2.24, 2.45) is 0 Å². The SMILES string of the molecule is CN1C(=O)C(=Cc2cc([N+](=O)[O-])c(O)cc2O)C(=O)N(C)C1=S. The summed E-state index contributed by atoms with van der Waals surface area (Å²) in [4.78, 5) is 36.4. The highest BCUT2D eigenvalue weighted by atomic mass is 32.1. The lowest BCUT2D eigenvalue weighted by Crippen LogP contribution is -2.52. The predicted molar refractivity (Wildman–Crippen MR) is 82.5 cm³/mol. The van der Waals surface area contributed by atoms with Crippen molar-refractivity contribution in [2.75, 3.05) is 14.1 Å². The number of carbonyl (C=O) groups excluding carboxylic acids is 2. The van der Waals surface area contributed by atoms with Gasteiger partial charge in [-0.3, -0.25) is 29.5 Å². The molecule has 0 radical (unpaired) electrons. The molecular weight excluding hydrogens is 326 g/mol. The first-order valence-electron chi connectivity index (χ1n) is 6.17. The van der Waals surface area contributed by atoms with Crippen LogP contribution in [0.4, 0.5) is 5.69 Å². The van der Waals surface area contributed by atoms with Gasteiger partial charge in [0.1, 0.15) is 11.3 Å². The van der Waals surface area contributed by atoms with Crippen LogP contribution in [0.3, 0.4) is 0 Å². The molecule has 1 heterocycles. The zero-order chi connectivity index (χ0) is 17.5. The van der Waals surface area contributed by atoms with Gasteiger partial charge in [-0.25, -0.2) is 0 Å². The first-order valence-corrected chi connectivity index (χ1v) is 6.58. The minimum absolute atomic E-state index is 0.0121. The first-order chi connectivity index (χ1) is 10.6. The van der Waals surface area contributed by atoms with Crippen molar-refractivity contribution >= 4 is 40.9 Å². The molecule has 0 saturated carbocycles. The smallest absolute Gasteiger partial charge is 0.311 e. The Morgan fingerprint density at radius 3 is 2.13 bits per heavy atom. The van der Waals surface area contributed by atoms with Crippen LogP contribution in [0, 0.1) is 10.1 Å². The Morgan fingerprint density at radius 2 is 1.65 bits per heavy atom. The van der Waals surface area contributed by atoms with E-state index in [9.17, 15) is 29.9 Å². The number of amides is 2. The van der Waals surface area contributed by atoms with Gasteiger partial charge < -0.3 is 10.2 Å². The molecule has 2 rings (SSSR count). The molecule has 0 spiro atoms. The summed E-state index contributed by atoms with van der Waals surface area (Å²) in [6, 6.07) is 1.63. The summed E-state index contributed by atoms with van der Waals surface area (Å²) in [6.07, 6.45) is 1.02. The molecule has 0 bridgehead atoms. The third kappa shape index (κ3) is 2.71. The molecule has 2 amide bonds. The van der Waals surface area contributed by atoms with E-state index in [0.29, 0.717) is 0 Å². The van der Waals surface area contributed by atoms with Crippen molar-refractivity contribution in [1.82, 2.24) is 9.80 Å². The van der Waals surface area contributed by atoms with Gasteiger partial charge in [-0.1, -0.05) is 0 Å². The van der Waals surface area contributed by atoms with Crippen LogP contribution in [0.1, 0.15) is 5.56 Å². The summed E-state index contributed by atoms with van der Waals surface area (Å²) < 4.78 is 0. The van der Waals surface area contributed by atoms with Crippen molar-refractivity contribution in [3.05, 3.63) is 33.4 Å². The fourth-order valence-electron chi connectivity index (χ4n) is 1.97. The molecule has 1 saturated heterocycles. The second-order valence-corrected chi connectivity index (χ2v) is 5.09. The number of phenolic OH excluding ortho intramolecular Hbond substituents is 2. The molecule has 0 atom stereocenters. The average Bonchev–Trinajstić information content (AvgIpc) is 2.49. The van der Waals surface area contributed by atoms with Gasteiger partial charge in [-0.15, -0.1) is 0 Å². The molecule has 0 unspecified atom stereocenters. The van der Waals surface area contributed by atoms with Crippen LogP contribution < -0.4 is 0 Å². The summed E-state index contributed by atoms with van der Waals surface area (Å²) in [6.45, 7) is 0. The molecule has 9 nitrogen and oxygen atoms in total. The largest absolute Gasteiger partial charge is 0.507 e. The van der Waals surface area contributed by atoms with E-state index in [0.717, 1.165) is 28.0 Å². The van der Waals surface area contributed by atoms with Gasteiger partial charge in [0.2, 0.25) is 0 Å². The number of likely N-dealkylation sites (N-methyl/N-ethyl adjacent to an activating group) is 2. The van der Waals surface area contributed by atoms with E-state index in [4.69, 9.17) is 12.2 Å². The summed E-state index contributed by atoms with van der Waals surface area (Å²) in [5.41, 5.74) is -1.14. The number of rotatable bonds is 2. The molecule has 10 heteroatoms. The van der Waals surface area contributed by atoms with Crippen molar-refractivity contribution in [1.29, 1.82) is 0 Å².